The summed E-state index contributed by atoms with van der Waals surface area (Å²) in [5.41, 5.74) is 12.5. The highest BCUT2D eigenvalue weighted by atomic mass is 35.5. The first-order valence-electron chi connectivity index (χ1n) is 17.0. The number of nitrogen functional groups attached to an aromatic ring is 2. The number of fused-ring (bicyclic) bond motifs is 3. The van der Waals surface area contributed by atoms with E-state index in [0.29, 0.717) is 37.6 Å². The van der Waals surface area contributed by atoms with Gasteiger partial charge in [-0.3, -0.25) is 4.90 Å². The summed E-state index contributed by atoms with van der Waals surface area (Å²) in [6.45, 7) is 2.30. The van der Waals surface area contributed by atoms with Gasteiger partial charge in [-0.1, -0.05) is 23.7 Å². The highest BCUT2D eigenvalue weighted by Gasteiger charge is 2.49. The molecule has 2 aromatic carbocycles. The topological polar surface area (TPSA) is 149 Å². The number of nitrogens with two attached hydrogens (primary N) is 2. The van der Waals surface area contributed by atoms with E-state index in [4.69, 9.17) is 42.3 Å². The van der Waals surface area contributed by atoms with Crippen LogP contribution in [0.25, 0.3) is 32.1 Å². The van der Waals surface area contributed by atoms with Crippen LogP contribution >= 0.6 is 22.9 Å². The van der Waals surface area contributed by atoms with E-state index in [1.54, 1.807) is 12.3 Å². The number of nitriles is 1. The normalized spacial score (nSPS) is 24.1. The van der Waals surface area contributed by atoms with Crippen molar-refractivity contribution in [2.45, 2.75) is 43.6 Å². The second kappa shape index (κ2) is 12.5. The number of ether oxygens (including phenoxy) is 3. The average Bonchev–Trinajstić information content (AvgIpc) is 3.89. The fourth-order valence-electron chi connectivity index (χ4n) is 8.43. The van der Waals surface area contributed by atoms with Crippen LogP contribution < -0.4 is 25.8 Å². The third-order valence-electron chi connectivity index (χ3n) is 10.9. The molecule has 3 fully saturated rings. The van der Waals surface area contributed by atoms with Gasteiger partial charge in [0.15, 0.2) is 11.6 Å². The van der Waals surface area contributed by atoms with Crippen molar-refractivity contribution in [3.8, 4) is 29.0 Å². The fourth-order valence-corrected chi connectivity index (χ4v) is 9.72. The molecule has 52 heavy (non-hydrogen) atoms. The van der Waals surface area contributed by atoms with E-state index in [1.807, 2.05) is 17.0 Å². The number of aromatic nitrogens is 3. The van der Waals surface area contributed by atoms with E-state index < -0.39 is 23.3 Å². The van der Waals surface area contributed by atoms with Gasteiger partial charge in [0.05, 0.1) is 52.1 Å². The molecule has 3 aromatic heterocycles. The van der Waals surface area contributed by atoms with Crippen LogP contribution in [0, 0.1) is 28.9 Å². The number of hydrogen-bond donors (Lipinski definition) is 2. The quantitative estimate of drug-likeness (QED) is 0.203. The van der Waals surface area contributed by atoms with Gasteiger partial charge in [-0.05, 0) is 37.1 Å². The van der Waals surface area contributed by atoms with Crippen LogP contribution in [-0.2, 0) is 11.3 Å². The first-order valence-corrected chi connectivity index (χ1v) is 18.2. The van der Waals surface area contributed by atoms with Crippen molar-refractivity contribution in [2.75, 3.05) is 55.9 Å². The molecular formula is C36H32ClF3N8O3S. The summed E-state index contributed by atoms with van der Waals surface area (Å²) in [5.74, 6) is -0.906. The highest BCUT2D eigenvalue weighted by molar-refractivity contribution is 7.23. The van der Waals surface area contributed by atoms with Crippen molar-refractivity contribution in [2.24, 2.45) is 5.92 Å². The third kappa shape index (κ3) is 5.10. The minimum absolute atomic E-state index is 0.00957. The molecule has 0 aliphatic carbocycles. The number of halogens is 4. The van der Waals surface area contributed by atoms with Crippen LogP contribution in [0.2, 0.25) is 5.02 Å². The summed E-state index contributed by atoms with van der Waals surface area (Å²) in [7, 11) is 0. The Morgan fingerprint density at radius 3 is 2.85 bits per heavy atom. The molecule has 2 unspecified atom stereocenters. The molecular weight excluding hydrogens is 717 g/mol. The van der Waals surface area contributed by atoms with E-state index in [-0.39, 0.29) is 97.0 Å². The molecule has 9 rings (SSSR count). The zero-order valence-electron chi connectivity index (χ0n) is 27.7. The van der Waals surface area contributed by atoms with E-state index in [1.165, 1.54) is 12.1 Å². The molecule has 268 valence electrons. The number of nitrogens with zero attached hydrogens (tertiary/aromatic N) is 6. The van der Waals surface area contributed by atoms with Gasteiger partial charge < -0.3 is 30.6 Å². The molecule has 5 aromatic rings. The van der Waals surface area contributed by atoms with Crippen LogP contribution in [0.3, 0.4) is 0 Å². The van der Waals surface area contributed by atoms with Crippen LogP contribution in [0.15, 0.2) is 30.5 Å². The van der Waals surface area contributed by atoms with E-state index in [0.717, 1.165) is 30.7 Å². The van der Waals surface area contributed by atoms with E-state index in [9.17, 15) is 9.65 Å². The predicted molar refractivity (Wildman–Crippen MR) is 191 cm³/mol. The molecule has 0 amide bonds. The molecule has 4 N–H and O–H groups in total. The predicted octanol–water partition coefficient (Wildman–Crippen LogP) is 6.24. The molecule has 0 radical (unpaired) electrons. The summed E-state index contributed by atoms with van der Waals surface area (Å²) in [6, 6.07) is 7.85. The lowest BCUT2D eigenvalue weighted by Crippen LogP contribution is -2.44. The number of pyridine rings is 1. The van der Waals surface area contributed by atoms with Crippen LogP contribution in [0.1, 0.15) is 30.4 Å². The summed E-state index contributed by atoms with van der Waals surface area (Å²) < 4.78 is 66.2. The molecule has 4 aliphatic rings. The zero-order chi connectivity index (χ0) is 35.9. The molecule has 7 heterocycles. The zero-order valence-corrected chi connectivity index (χ0v) is 29.2. The second-order valence-corrected chi connectivity index (χ2v) is 15.3. The summed E-state index contributed by atoms with van der Waals surface area (Å²) in [6.07, 6.45) is 2.60. The Bertz CT molecular complexity index is 2320. The Hall–Kier alpha value is -4.62. The molecule has 4 atom stereocenters. The third-order valence-corrected chi connectivity index (χ3v) is 12.3. The summed E-state index contributed by atoms with van der Waals surface area (Å²) in [5, 5.41) is 10.3. The van der Waals surface area contributed by atoms with Crippen LogP contribution in [0.5, 0.6) is 11.8 Å². The van der Waals surface area contributed by atoms with E-state index in [2.05, 4.69) is 14.9 Å². The van der Waals surface area contributed by atoms with Crippen molar-refractivity contribution in [3.05, 3.63) is 58.2 Å². The van der Waals surface area contributed by atoms with Crippen molar-refractivity contribution in [1.82, 2.24) is 19.9 Å². The minimum atomic E-state index is -0.978. The SMILES string of the molecule is N#Cc1c(N)sc2c(F)ccc(-c3c(Cl)c4c5c(nc(OC[C@@]67CCCN6C[C@H](F)C7)nc5c3F)N(Cc3cccnc3N)C3COCC3CO4)c12. The second-order valence-electron chi connectivity index (χ2n) is 13.9. The average molecular weight is 749 g/mol. The van der Waals surface area contributed by atoms with Crippen LogP contribution in [0.4, 0.5) is 29.8 Å². The van der Waals surface area contributed by atoms with Crippen molar-refractivity contribution in [3.63, 3.8) is 0 Å². The van der Waals surface area contributed by atoms with E-state index >= 15 is 8.78 Å². The Kier molecular flexibility index (Phi) is 7.99. The minimum Gasteiger partial charge on any atom is -0.491 e. The first kappa shape index (κ1) is 33.2. The molecule has 16 heteroatoms. The monoisotopic (exact) mass is 748 g/mol. The maximum atomic E-state index is 17.5. The maximum absolute atomic E-state index is 17.5. The number of hydrogen-bond acceptors (Lipinski definition) is 12. The lowest BCUT2D eigenvalue weighted by atomic mass is 9.95. The highest BCUT2D eigenvalue weighted by Crippen LogP contribution is 2.52. The largest absolute Gasteiger partial charge is 0.491 e. The van der Waals surface area contributed by atoms with Gasteiger partial charge in [0.1, 0.15) is 46.8 Å². The fraction of sp³-hybridized carbons (Fsp3) is 0.389. The van der Waals surface area contributed by atoms with Crippen molar-refractivity contribution < 1.29 is 27.4 Å². The molecule has 0 saturated carbocycles. The molecule has 0 spiro atoms. The molecule has 0 bridgehead atoms. The number of anilines is 3. The maximum Gasteiger partial charge on any atom is 0.319 e. The standard InChI is InChI=1S/C36H32ClF3N8O3S/c37-27-25(20-4-5-22(39)31-24(20)21(10-41)33(43)52-31)28(40)29-26-30(27)50-14-18-13-49-15-23(18)48(11-17-3-1-7-44-32(17)42)34(26)46-35(45-29)51-16-36-6-2-8-47(36)12-19(38)9-36/h1,3-5,7,18-19,23H,2,6,8-9,11-16,43H2,(H2,42,44)/t18?,19-,23?,36+/m1/s1. The number of alkyl halides is 1. The van der Waals surface area contributed by atoms with Gasteiger partial charge in [0, 0.05) is 48.1 Å². The van der Waals surface area contributed by atoms with Gasteiger partial charge in [0.2, 0.25) is 0 Å². The molecule has 11 nitrogen and oxygen atoms in total. The van der Waals surface area contributed by atoms with Gasteiger partial charge >= 0.3 is 6.01 Å². The summed E-state index contributed by atoms with van der Waals surface area (Å²) >= 11 is 8.06. The lowest BCUT2D eigenvalue weighted by molar-refractivity contribution is 0.107. The van der Waals surface area contributed by atoms with Gasteiger partial charge in [0.25, 0.3) is 0 Å². The molecule has 4 aliphatic heterocycles. The smallest absolute Gasteiger partial charge is 0.319 e. The van der Waals surface area contributed by atoms with Gasteiger partial charge in [-0.15, -0.1) is 11.3 Å². The van der Waals surface area contributed by atoms with Gasteiger partial charge in [-0.25, -0.2) is 18.2 Å². The number of benzene rings is 2. The van der Waals surface area contributed by atoms with Gasteiger partial charge in [-0.2, -0.15) is 15.2 Å². The Balaban J connectivity index is 1.29. The number of rotatable bonds is 6. The van der Waals surface area contributed by atoms with Crippen molar-refractivity contribution >= 4 is 60.6 Å². The molecule has 3 saturated heterocycles. The van der Waals surface area contributed by atoms with Crippen LogP contribution in [-0.4, -0.2) is 77.1 Å². The number of thiophene rings is 1. The Morgan fingerprint density at radius 1 is 1.15 bits per heavy atom. The lowest BCUT2D eigenvalue weighted by Gasteiger charge is -2.36. The van der Waals surface area contributed by atoms with Crippen molar-refractivity contribution in [1.29, 1.82) is 5.26 Å². The Labute approximate surface area is 304 Å². The first-order chi connectivity index (χ1) is 25.2. The summed E-state index contributed by atoms with van der Waals surface area (Å²) in [4.78, 5) is 17.9. The Morgan fingerprint density at radius 2 is 2.02 bits per heavy atom.